The van der Waals surface area contributed by atoms with Gasteiger partial charge in [-0.3, -0.25) is 4.79 Å². The van der Waals surface area contributed by atoms with Crippen LogP contribution in [0.3, 0.4) is 0 Å². The molecule has 0 atom stereocenters. The van der Waals surface area contributed by atoms with Crippen LogP contribution in [0.4, 0.5) is 5.69 Å². The minimum Gasteiger partial charge on any atom is -0.497 e. The van der Waals surface area contributed by atoms with E-state index in [1.807, 2.05) is 54.1 Å². The van der Waals surface area contributed by atoms with Crippen LogP contribution in [0.1, 0.15) is 5.82 Å². The Morgan fingerprint density at radius 2 is 1.96 bits per heavy atom. The molecule has 3 rings (SSSR count). The van der Waals surface area contributed by atoms with Crippen molar-refractivity contribution in [3.8, 4) is 11.5 Å². The molecule has 0 saturated carbocycles. The molecule has 9 heteroatoms. The number of amides is 1. The van der Waals surface area contributed by atoms with Crippen molar-refractivity contribution in [2.75, 3.05) is 18.2 Å². The van der Waals surface area contributed by atoms with Crippen LogP contribution in [-0.2, 0) is 18.4 Å². The molecule has 1 amide bonds. The van der Waals surface area contributed by atoms with Crippen molar-refractivity contribution < 1.29 is 14.3 Å². The SMILES string of the molecule is COc1cccc(NC(=O)CSc2nnc(COc3ccc(Br)cc3)n2C)c1. The molecule has 0 aliphatic rings. The lowest BCUT2D eigenvalue weighted by molar-refractivity contribution is -0.113. The maximum absolute atomic E-state index is 12.2. The van der Waals surface area contributed by atoms with Gasteiger partial charge in [0.25, 0.3) is 0 Å². The third-order valence-corrected chi connectivity index (χ3v) is 5.34. The van der Waals surface area contributed by atoms with Gasteiger partial charge in [0.05, 0.1) is 12.9 Å². The Morgan fingerprint density at radius 1 is 1.18 bits per heavy atom. The van der Waals surface area contributed by atoms with Gasteiger partial charge in [0.1, 0.15) is 18.1 Å². The summed E-state index contributed by atoms with van der Waals surface area (Å²) in [5.41, 5.74) is 0.687. The van der Waals surface area contributed by atoms with Crippen molar-refractivity contribution in [1.82, 2.24) is 14.8 Å². The fourth-order valence-corrected chi connectivity index (χ4v) is 3.30. The first-order valence-corrected chi connectivity index (χ1v) is 10.2. The number of thioether (sulfide) groups is 1. The Labute approximate surface area is 175 Å². The van der Waals surface area contributed by atoms with Crippen LogP contribution in [0.25, 0.3) is 0 Å². The first kappa shape index (κ1) is 20.2. The summed E-state index contributed by atoms with van der Waals surface area (Å²) in [6.45, 7) is 0.293. The van der Waals surface area contributed by atoms with Gasteiger partial charge in [0, 0.05) is 23.3 Å². The number of nitrogens with zero attached hydrogens (tertiary/aromatic N) is 3. The van der Waals surface area contributed by atoms with Gasteiger partial charge in [-0.2, -0.15) is 0 Å². The first-order chi connectivity index (χ1) is 13.5. The summed E-state index contributed by atoms with van der Waals surface area (Å²) in [4.78, 5) is 12.2. The molecule has 28 heavy (non-hydrogen) atoms. The molecular weight excluding hydrogens is 444 g/mol. The molecule has 0 bridgehead atoms. The van der Waals surface area contributed by atoms with Crippen LogP contribution in [0.5, 0.6) is 11.5 Å². The Balaban J connectivity index is 1.52. The number of anilines is 1. The average molecular weight is 463 g/mol. The Kier molecular flexibility index (Phi) is 6.94. The van der Waals surface area contributed by atoms with E-state index in [0.717, 1.165) is 10.2 Å². The number of methoxy groups -OCH3 is 1. The highest BCUT2D eigenvalue weighted by atomic mass is 79.9. The number of nitrogens with one attached hydrogen (secondary N) is 1. The summed E-state index contributed by atoms with van der Waals surface area (Å²) in [6, 6.07) is 14.8. The number of benzene rings is 2. The van der Waals surface area contributed by atoms with Crippen LogP contribution >= 0.6 is 27.7 Å². The van der Waals surface area contributed by atoms with Crippen molar-refractivity contribution in [1.29, 1.82) is 0 Å². The van der Waals surface area contributed by atoms with E-state index in [1.54, 1.807) is 13.2 Å². The monoisotopic (exact) mass is 462 g/mol. The van der Waals surface area contributed by atoms with Crippen LogP contribution in [-0.4, -0.2) is 33.5 Å². The minimum atomic E-state index is -0.131. The fourth-order valence-electron chi connectivity index (χ4n) is 2.30. The van der Waals surface area contributed by atoms with Crippen LogP contribution in [0, 0.1) is 0 Å². The standard InChI is InChI=1S/C19H19BrN4O3S/c1-24-17(11-27-15-8-6-13(20)7-9-15)22-23-19(24)28-12-18(25)21-14-4-3-5-16(10-14)26-2/h3-10H,11-12H2,1-2H3,(H,21,25). The van der Waals surface area contributed by atoms with Gasteiger partial charge in [0.15, 0.2) is 11.0 Å². The van der Waals surface area contributed by atoms with Gasteiger partial charge in [-0.15, -0.1) is 10.2 Å². The number of carbonyl (C=O) groups excluding carboxylic acids is 1. The van der Waals surface area contributed by atoms with Crippen molar-refractivity contribution in [3.05, 3.63) is 58.8 Å². The molecule has 0 aliphatic carbocycles. The molecule has 7 nitrogen and oxygen atoms in total. The zero-order valence-electron chi connectivity index (χ0n) is 15.4. The molecule has 146 valence electrons. The third kappa shape index (κ3) is 5.49. The van der Waals surface area contributed by atoms with Crippen LogP contribution < -0.4 is 14.8 Å². The zero-order chi connectivity index (χ0) is 19.9. The van der Waals surface area contributed by atoms with E-state index in [2.05, 4.69) is 31.4 Å². The maximum Gasteiger partial charge on any atom is 0.234 e. The fraction of sp³-hybridized carbons (Fsp3) is 0.211. The molecule has 0 fully saturated rings. The van der Waals surface area contributed by atoms with E-state index in [4.69, 9.17) is 9.47 Å². The predicted molar refractivity (Wildman–Crippen MR) is 112 cm³/mol. The quantitative estimate of drug-likeness (QED) is 0.511. The molecule has 1 N–H and O–H groups in total. The van der Waals surface area contributed by atoms with Crippen molar-refractivity contribution in [2.24, 2.45) is 7.05 Å². The maximum atomic E-state index is 12.2. The largest absolute Gasteiger partial charge is 0.497 e. The van der Waals surface area contributed by atoms with E-state index < -0.39 is 0 Å². The van der Waals surface area contributed by atoms with Gasteiger partial charge < -0.3 is 19.4 Å². The molecule has 2 aromatic carbocycles. The second kappa shape index (κ2) is 9.61. The smallest absolute Gasteiger partial charge is 0.234 e. The van der Waals surface area contributed by atoms with Crippen molar-refractivity contribution >= 4 is 39.3 Å². The van der Waals surface area contributed by atoms with Crippen LogP contribution in [0.2, 0.25) is 0 Å². The number of rotatable bonds is 8. The number of halogens is 1. The molecule has 0 radical (unpaired) electrons. The van der Waals surface area contributed by atoms with Gasteiger partial charge in [-0.05, 0) is 36.4 Å². The summed E-state index contributed by atoms with van der Waals surface area (Å²) in [5, 5.41) is 11.8. The number of aromatic nitrogens is 3. The Hall–Kier alpha value is -2.52. The third-order valence-electron chi connectivity index (χ3n) is 3.79. The lowest BCUT2D eigenvalue weighted by Crippen LogP contribution is -2.14. The lowest BCUT2D eigenvalue weighted by atomic mass is 10.3. The highest BCUT2D eigenvalue weighted by Gasteiger charge is 2.12. The normalized spacial score (nSPS) is 10.5. The van der Waals surface area contributed by atoms with Crippen molar-refractivity contribution in [3.63, 3.8) is 0 Å². The molecular formula is C19H19BrN4O3S. The van der Waals surface area contributed by atoms with Gasteiger partial charge in [-0.25, -0.2) is 0 Å². The van der Waals surface area contributed by atoms with E-state index in [1.165, 1.54) is 11.8 Å². The second-order valence-electron chi connectivity index (χ2n) is 5.77. The van der Waals surface area contributed by atoms with E-state index in [-0.39, 0.29) is 11.7 Å². The number of hydrogen-bond donors (Lipinski definition) is 1. The van der Waals surface area contributed by atoms with Gasteiger partial charge in [0.2, 0.25) is 5.91 Å². The molecule has 0 saturated heterocycles. The summed E-state index contributed by atoms with van der Waals surface area (Å²) >= 11 is 4.70. The molecule has 0 aliphatic heterocycles. The van der Waals surface area contributed by atoms with Gasteiger partial charge in [-0.1, -0.05) is 33.8 Å². The Morgan fingerprint density at radius 3 is 2.71 bits per heavy atom. The number of hydrogen-bond acceptors (Lipinski definition) is 6. The zero-order valence-corrected chi connectivity index (χ0v) is 17.8. The first-order valence-electron chi connectivity index (χ1n) is 8.38. The summed E-state index contributed by atoms with van der Waals surface area (Å²) in [5.74, 6) is 2.20. The molecule has 3 aromatic rings. The van der Waals surface area contributed by atoms with Gasteiger partial charge >= 0.3 is 0 Å². The molecule has 0 unspecified atom stereocenters. The topological polar surface area (TPSA) is 78.3 Å². The molecule has 1 heterocycles. The number of ether oxygens (including phenoxy) is 2. The Bertz CT molecular complexity index is 947. The average Bonchev–Trinajstić information content (AvgIpc) is 3.05. The highest BCUT2D eigenvalue weighted by Crippen LogP contribution is 2.20. The van der Waals surface area contributed by atoms with E-state index >= 15 is 0 Å². The molecule has 1 aromatic heterocycles. The van der Waals surface area contributed by atoms with E-state index in [9.17, 15) is 4.79 Å². The summed E-state index contributed by atoms with van der Waals surface area (Å²) in [6.07, 6.45) is 0. The number of carbonyl (C=O) groups is 1. The summed E-state index contributed by atoms with van der Waals surface area (Å²) in [7, 11) is 3.44. The second-order valence-corrected chi connectivity index (χ2v) is 7.63. The highest BCUT2D eigenvalue weighted by molar-refractivity contribution is 9.10. The van der Waals surface area contributed by atoms with E-state index in [0.29, 0.717) is 29.0 Å². The molecule has 0 spiro atoms. The van der Waals surface area contributed by atoms with Crippen molar-refractivity contribution in [2.45, 2.75) is 11.8 Å². The summed E-state index contributed by atoms with van der Waals surface area (Å²) < 4.78 is 13.7. The predicted octanol–water partition coefficient (Wildman–Crippen LogP) is 3.90. The lowest BCUT2D eigenvalue weighted by Gasteiger charge is -2.08. The van der Waals surface area contributed by atoms with Crippen LogP contribution in [0.15, 0.2) is 58.2 Å². The minimum absolute atomic E-state index is 0.131.